The fourth-order valence-electron chi connectivity index (χ4n) is 8.54. The number of nitrogens with zero attached hydrogens (tertiary/aromatic N) is 3. The molecule has 4 aromatic rings. The standard InChI is InChI=1S/C42H48N4O2/c43-23-36-20-35(19-31-5-1-2-8-38(31)36)42(48)34-7-4-18-46(26-34)27-37-21-39(37)32-15-16-44-40(22-32)29-11-13-30(14-12-29)41(47)33-6-3-17-45(25-33)24-28-9-10-28/h1-2,5,8,11-16,19-20,22,28,33-34,37,39H,3-4,6-7,9-10,17-18,21,23-27,43H2. The number of carbonyl (C=O) groups is 2. The van der Waals surface area contributed by atoms with Crippen LogP contribution >= 0.6 is 0 Å². The molecule has 1 aromatic heterocycles. The summed E-state index contributed by atoms with van der Waals surface area (Å²) in [5.74, 6) is 2.71. The smallest absolute Gasteiger partial charge is 0.167 e. The maximum atomic E-state index is 13.7. The summed E-state index contributed by atoms with van der Waals surface area (Å²) in [6, 6.07) is 24.9. The first-order valence-corrected chi connectivity index (χ1v) is 18.3. The second kappa shape index (κ2) is 13.7. The van der Waals surface area contributed by atoms with Crippen LogP contribution in [-0.4, -0.2) is 65.6 Å². The van der Waals surface area contributed by atoms with Crippen LogP contribution in [0.1, 0.15) is 82.7 Å². The van der Waals surface area contributed by atoms with Crippen molar-refractivity contribution >= 4 is 22.3 Å². The number of aromatic nitrogens is 1. The van der Waals surface area contributed by atoms with Crippen molar-refractivity contribution in [2.24, 2.45) is 29.4 Å². The first kappa shape index (κ1) is 31.6. The van der Waals surface area contributed by atoms with Crippen LogP contribution in [0.3, 0.4) is 0 Å². The highest BCUT2D eigenvalue weighted by atomic mass is 16.1. The van der Waals surface area contributed by atoms with Crippen LogP contribution < -0.4 is 5.73 Å². The van der Waals surface area contributed by atoms with Gasteiger partial charge in [0.25, 0.3) is 0 Å². The average molecular weight is 641 g/mol. The van der Waals surface area contributed by atoms with Gasteiger partial charge < -0.3 is 15.5 Å². The summed E-state index contributed by atoms with van der Waals surface area (Å²) < 4.78 is 0. The van der Waals surface area contributed by atoms with E-state index in [1.807, 2.05) is 36.5 Å². The van der Waals surface area contributed by atoms with Crippen molar-refractivity contribution in [2.45, 2.75) is 57.4 Å². The molecule has 4 fully saturated rings. The van der Waals surface area contributed by atoms with Crippen LogP contribution in [-0.2, 0) is 6.54 Å². The zero-order chi connectivity index (χ0) is 32.6. The number of pyridine rings is 1. The van der Waals surface area contributed by atoms with Crippen molar-refractivity contribution in [3.8, 4) is 11.3 Å². The van der Waals surface area contributed by atoms with Gasteiger partial charge in [-0.05, 0) is 122 Å². The van der Waals surface area contributed by atoms with Crippen molar-refractivity contribution in [1.82, 2.24) is 14.8 Å². The van der Waals surface area contributed by atoms with Gasteiger partial charge in [0.05, 0.1) is 5.69 Å². The number of hydrogen-bond acceptors (Lipinski definition) is 6. The number of nitrogens with two attached hydrogens (primary N) is 1. The van der Waals surface area contributed by atoms with Crippen molar-refractivity contribution in [2.75, 3.05) is 39.3 Å². The van der Waals surface area contributed by atoms with E-state index in [-0.39, 0.29) is 17.6 Å². The third-order valence-electron chi connectivity index (χ3n) is 11.5. The molecule has 6 nitrogen and oxygen atoms in total. The van der Waals surface area contributed by atoms with E-state index in [9.17, 15) is 9.59 Å². The largest absolute Gasteiger partial charge is 0.326 e. The molecule has 2 N–H and O–H groups in total. The Balaban J connectivity index is 0.876. The predicted molar refractivity (Wildman–Crippen MR) is 192 cm³/mol. The molecule has 3 aromatic carbocycles. The van der Waals surface area contributed by atoms with Gasteiger partial charge in [-0.3, -0.25) is 14.6 Å². The van der Waals surface area contributed by atoms with E-state index in [0.717, 1.165) is 103 Å². The van der Waals surface area contributed by atoms with Gasteiger partial charge in [-0.2, -0.15) is 0 Å². The molecule has 4 atom stereocenters. The van der Waals surface area contributed by atoms with Gasteiger partial charge in [-0.15, -0.1) is 0 Å². The monoisotopic (exact) mass is 640 g/mol. The third kappa shape index (κ3) is 6.89. The van der Waals surface area contributed by atoms with E-state index in [1.165, 1.54) is 31.4 Å². The highest BCUT2D eigenvalue weighted by Gasteiger charge is 2.40. The number of likely N-dealkylation sites (tertiary alicyclic amines) is 2. The number of fused-ring (bicyclic) bond motifs is 1. The summed E-state index contributed by atoms with van der Waals surface area (Å²) in [6.45, 7) is 6.59. The summed E-state index contributed by atoms with van der Waals surface area (Å²) >= 11 is 0. The Hall–Kier alpha value is -3.71. The topological polar surface area (TPSA) is 79.5 Å². The normalized spacial score (nSPS) is 24.9. The molecule has 2 saturated carbocycles. The first-order chi connectivity index (χ1) is 23.5. The molecule has 0 radical (unpaired) electrons. The Bertz CT molecular complexity index is 1800. The molecule has 4 aliphatic rings. The lowest BCUT2D eigenvalue weighted by atomic mass is 9.88. The van der Waals surface area contributed by atoms with E-state index in [4.69, 9.17) is 10.7 Å². The quantitative estimate of drug-likeness (QED) is 0.173. The zero-order valence-electron chi connectivity index (χ0n) is 28.0. The number of Topliss-reactive ketones (excluding diaryl/α,β-unsaturated/α-hetero) is 2. The minimum atomic E-state index is 0.0323. The molecule has 4 unspecified atom stereocenters. The molecule has 6 heteroatoms. The van der Waals surface area contributed by atoms with Gasteiger partial charge in [-0.1, -0.05) is 48.5 Å². The lowest BCUT2D eigenvalue weighted by molar-refractivity contribution is 0.0808. The fraction of sp³-hybridized carbons (Fsp3) is 0.452. The molecule has 8 rings (SSSR count). The van der Waals surface area contributed by atoms with Gasteiger partial charge in [0.2, 0.25) is 0 Å². The van der Waals surface area contributed by atoms with E-state index in [1.54, 1.807) is 0 Å². The van der Waals surface area contributed by atoms with E-state index >= 15 is 0 Å². The zero-order valence-corrected chi connectivity index (χ0v) is 28.0. The summed E-state index contributed by atoms with van der Waals surface area (Å²) in [5.41, 5.74) is 12.1. The molecule has 48 heavy (non-hydrogen) atoms. The van der Waals surface area contributed by atoms with Crippen LogP contribution in [0, 0.1) is 23.7 Å². The summed E-state index contributed by atoms with van der Waals surface area (Å²) in [4.78, 5) is 36.8. The highest BCUT2D eigenvalue weighted by molar-refractivity contribution is 6.02. The summed E-state index contributed by atoms with van der Waals surface area (Å²) in [6.07, 6.45) is 9.96. The number of hydrogen-bond donors (Lipinski definition) is 1. The predicted octanol–water partition coefficient (Wildman–Crippen LogP) is 7.36. The van der Waals surface area contributed by atoms with Gasteiger partial charge in [0, 0.05) is 67.4 Å². The maximum Gasteiger partial charge on any atom is 0.167 e. The summed E-state index contributed by atoms with van der Waals surface area (Å²) in [7, 11) is 0. The van der Waals surface area contributed by atoms with Crippen LogP contribution in [0.5, 0.6) is 0 Å². The summed E-state index contributed by atoms with van der Waals surface area (Å²) in [5, 5.41) is 2.23. The average Bonchev–Trinajstić information content (AvgIpc) is 4.09. The molecule has 2 aliphatic heterocycles. The number of benzene rings is 3. The maximum absolute atomic E-state index is 13.7. The molecular formula is C42H48N4O2. The van der Waals surface area contributed by atoms with Crippen molar-refractivity contribution in [3.63, 3.8) is 0 Å². The van der Waals surface area contributed by atoms with Crippen LogP contribution in [0.2, 0.25) is 0 Å². The SMILES string of the molecule is NCc1cc(C(=O)C2CCCN(CC3CC3c3ccnc(-c4ccc(C(=O)C5CCCN(CC6CC6)C5)cc4)c3)C2)cc2ccccc12. The fourth-order valence-corrected chi connectivity index (χ4v) is 8.54. The van der Waals surface area contributed by atoms with Crippen molar-refractivity contribution < 1.29 is 9.59 Å². The van der Waals surface area contributed by atoms with Crippen LogP contribution in [0.25, 0.3) is 22.0 Å². The Morgan fingerprint density at radius 2 is 1.48 bits per heavy atom. The van der Waals surface area contributed by atoms with Gasteiger partial charge in [-0.25, -0.2) is 0 Å². The Morgan fingerprint density at radius 3 is 2.21 bits per heavy atom. The van der Waals surface area contributed by atoms with Crippen LogP contribution in [0.4, 0.5) is 0 Å². The van der Waals surface area contributed by atoms with Gasteiger partial charge in [0.15, 0.2) is 11.6 Å². The molecule has 0 bridgehead atoms. The van der Waals surface area contributed by atoms with E-state index in [0.29, 0.717) is 24.2 Å². The lowest BCUT2D eigenvalue weighted by Crippen LogP contribution is -2.39. The molecular weight excluding hydrogens is 592 g/mol. The second-order valence-corrected chi connectivity index (χ2v) is 15.1. The molecule has 248 valence electrons. The molecule has 0 spiro atoms. The number of ketones is 2. The third-order valence-corrected chi connectivity index (χ3v) is 11.5. The minimum Gasteiger partial charge on any atom is -0.326 e. The van der Waals surface area contributed by atoms with E-state index in [2.05, 4.69) is 52.3 Å². The molecule has 2 saturated heterocycles. The second-order valence-electron chi connectivity index (χ2n) is 15.1. The lowest BCUT2D eigenvalue weighted by Gasteiger charge is -2.32. The Labute approximate surface area is 284 Å². The number of rotatable bonds is 11. The molecule has 2 aliphatic carbocycles. The highest BCUT2D eigenvalue weighted by Crippen LogP contribution is 2.48. The van der Waals surface area contributed by atoms with Crippen molar-refractivity contribution in [1.29, 1.82) is 0 Å². The van der Waals surface area contributed by atoms with E-state index < -0.39 is 0 Å². The number of carbonyl (C=O) groups excluding carboxylic acids is 2. The molecule has 0 amide bonds. The molecule has 3 heterocycles. The van der Waals surface area contributed by atoms with Gasteiger partial charge >= 0.3 is 0 Å². The number of piperidine rings is 2. The first-order valence-electron chi connectivity index (χ1n) is 18.3. The minimum absolute atomic E-state index is 0.0323. The Morgan fingerprint density at radius 1 is 0.771 bits per heavy atom. The van der Waals surface area contributed by atoms with Gasteiger partial charge in [0.1, 0.15) is 0 Å². The van der Waals surface area contributed by atoms with Crippen LogP contribution in [0.15, 0.2) is 79.0 Å². The van der Waals surface area contributed by atoms with Crippen molar-refractivity contribution in [3.05, 3.63) is 101 Å². The Kier molecular flexibility index (Phi) is 8.98.